The van der Waals surface area contributed by atoms with Crippen LogP contribution in [0.2, 0.25) is 0 Å². The van der Waals surface area contributed by atoms with Gasteiger partial charge < -0.3 is 14.6 Å². The Labute approximate surface area is 219 Å². The molecule has 4 heterocycles. The van der Waals surface area contributed by atoms with Crippen molar-refractivity contribution in [2.75, 3.05) is 13.2 Å². The fraction of sp³-hybridized carbons (Fsp3) is 0.292. The van der Waals surface area contributed by atoms with E-state index in [-0.39, 0.29) is 24.5 Å². The molecule has 0 bridgehead atoms. The van der Waals surface area contributed by atoms with Crippen molar-refractivity contribution >= 4 is 84.4 Å². The number of thiophene rings is 1. The molecular weight excluding hydrogens is 554 g/mol. The van der Waals surface area contributed by atoms with Gasteiger partial charge in [0.25, 0.3) is 5.91 Å². The number of ether oxygens (including phenoxy) is 1. The number of hydrogen-bond acceptors (Lipinski definition) is 6. The van der Waals surface area contributed by atoms with Gasteiger partial charge in [-0.05, 0) is 48.6 Å². The van der Waals surface area contributed by atoms with Gasteiger partial charge in [0, 0.05) is 38.6 Å². The Morgan fingerprint density at radius 3 is 3.00 bits per heavy atom. The summed E-state index contributed by atoms with van der Waals surface area (Å²) in [5, 5.41) is 5.93. The third-order valence-electron chi connectivity index (χ3n) is 5.80. The number of carbonyl (C=O) groups excluding carboxylic acids is 2. The summed E-state index contributed by atoms with van der Waals surface area (Å²) in [6.07, 6.45) is 5.82. The van der Waals surface area contributed by atoms with E-state index < -0.39 is 0 Å². The van der Waals surface area contributed by atoms with E-state index in [2.05, 4.69) is 21.2 Å². The number of aromatic nitrogens is 1. The number of nitrogens with zero attached hydrogens (tertiary/aromatic N) is 2. The van der Waals surface area contributed by atoms with Gasteiger partial charge in [0.15, 0.2) is 0 Å². The van der Waals surface area contributed by atoms with Crippen LogP contribution in [0.15, 0.2) is 51.3 Å². The number of halogens is 1. The van der Waals surface area contributed by atoms with Crippen LogP contribution in [0, 0.1) is 0 Å². The van der Waals surface area contributed by atoms with E-state index in [4.69, 9.17) is 17.0 Å². The van der Waals surface area contributed by atoms with Crippen molar-refractivity contribution in [3.8, 4) is 0 Å². The summed E-state index contributed by atoms with van der Waals surface area (Å²) in [5.74, 6) is -0.155. The maximum absolute atomic E-state index is 13.1. The van der Waals surface area contributed by atoms with Crippen LogP contribution in [0.1, 0.15) is 23.3 Å². The molecule has 2 saturated heterocycles. The molecule has 3 aromatic rings. The predicted octanol–water partition coefficient (Wildman–Crippen LogP) is 5.16. The summed E-state index contributed by atoms with van der Waals surface area (Å²) in [4.78, 5) is 29.1. The first kappa shape index (κ1) is 23.7. The number of carbonyl (C=O) groups is 2. The predicted molar refractivity (Wildman–Crippen MR) is 145 cm³/mol. The Morgan fingerprint density at radius 1 is 1.35 bits per heavy atom. The van der Waals surface area contributed by atoms with Gasteiger partial charge in [0.05, 0.1) is 24.1 Å². The van der Waals surface area contributed by atoms with E-state index in [0.29, 0.717) is 22.3 Å². The molecule has 0 aliphatic carbocycles. The molecule has 2 aliphatic rings. The number of amides is 2. The molecule has 1 aromatic carbocycles. The number of nitrogens with one attached hydrogen (secondary N) is 1. The van der Waals surface area contributed by atoms with Crippen molar-refractivity contribution < 1.29 is 14.3 Å². The number of thiocarbonyl (C=S) groups is 1. The molecule has 2 aromatic heterocycles. The van der Waals surface area contributed by atoms with Crippen LogP contribution in [0.3, 0.4) is 0 Å². The third kappa shape index (κ3) is 5.16. The minimum Gasteiger partial charge on any atom is -0.376 e. The van der Waals surface area contributed by atoms with E-state index in [1.54, 1.807) is 16.2 Å². The van der Waals surface area contributed by atoms with Crippen LogP contribution in [0.25, 0.3) is 17.0 Å². The highest BCUT2D eigenvalue weighted by atomic mass is 79.9. The lowest BCUT2D eigenvalue weighted by molar-refractivity contribution is -0.123. The SMILES string of the molecule is O=C(Cn1cc(/C=C2\SC(=S)N(C[C@@H]3CCCO3)C2=O)c2cc(Br)ccc21)NCc1cccs1. The second kappa shape index (κ2) is 10.3. The Balaban J connectivity index is 1.38. The first-order valence-corrected chi connectivity index (χ1v) is 13.8. The average molecular weight is 577 g/mol. The van der Waals surface area contributed by atoms with Gasteiger partial charge in [-0.3, -0.25) is 14.5 Å². The van der Waals surface area contributed by atoms with Gasteiger partial charge in [-0.15, -0.1) is 11.3 Å². The number of hydrogen-bond donors (Lipinski definition) is 1. The molecule has 2 amide bonds. The summed E-state index contributed by atoms with van der Waals surface area (Å²) < 4.78 is 9.10. The largest absolute Gasteiger partial charge is 0.376 e. The zero-order chi connectivity index (χ0) is 23.7. The second-order valence-corrected chi connectivity index (χ2v) is 11.8. The molecule has 0 saturated carbocycles. The fourth-order valence-electron chi connectivity index (χ4n) is 4.14. The number of thioether (sulfide) groups is 1. The number of benzene rings is 1. The van der Waals surface area contributed by atoms with Crippen LogP contribution in [0.4, 0.5) is 0 Å². The standard InChI is InChI=1S/C24H22BrN3O3S3/c25-16-5-6-20-19(10-16)15(12-27(20)14-22(29)26-11-18-4-2-8-33-18)9-21-23(30)28(24(32)34-21)13-17-3-1-7-31-17/h2,4-6,8-10,12,17H,1,3,7,11,13-14H2,(H,26,29)/b21-9-/t17-/m0/s1. The van der Waals surface area contributed by atoms with Gasteiger partial charge >= 0.3 is 0 Å². The summed E-state index contributed by atoms with van der Waals surface area (Å²) >= 11 is 12.0. The lowest BCUT2D eigenvalue weighted by Crippen LogP contribution is -2.35. The average Bonchev–Trinajstić information content (AvgIpc) is 3.60. The highest BCUT2D eigenvalue weighted by Crippen LogP contribution is 2.35. The van der Waals surface area contributed by atoms with Crippen molar-refractivity contribution in [2.45, 2.75) is 32.0 Å². The molecule has 1 atom stereocenters. The van der Waals surface area contributed by atoms with E-state index in [9.17, 15) is 9.59 Å². The normalized spacial score (nSPS) is 19.6. The Bertz CT molecular complexity index is 1280. The maximum atomic E-state index is 13.1. The highest BCUT2D eigenvalue weighted by molar-refractivity contribution is 9.10. The van der Waals surface area contributed by atoms with Crippen molar-refractivity contribution in [3.05, 3.63) is 61.7 Å². The Morgan fingerprint density at radius 2 is 2.24 bits per heavy atom. The molecule has 2 aliphatic heterocycles. The minimum absolute atomic E-state index is 0.0485. The van der Waals surface area contributed by atoms with Gasteiger partial charge in [-0.25, -0.2) is 0 Å². The molecule has 1 N–H and O–H groups in total. The Kier molecular flexibility index (Phi) is 7.22. The van der Waals surface area contributed by atoms with E-state index in [0.717, 1.165) is 45.3 Å². The zero-order valence-corrected chi connectivity index (χ0v) is 22.2. The summed E-state index contributed by atoms with van der Waals surface area (Å²) in [6, 6.07) is 9.91. The highest BCUT2D eigenvalue weighted by Gasteiger charge is 2.34. The molecule has 0 unspecified atom stereocenters. The Hall–Kier alpha value is -1.98. The monoisotopic (exact) mass is 575 g/mol. The van der Waals surface area contributed by atoms with E-state index >= 15 is 0 Å². The number of rotatable bonds is 7. The molecule has 34 heavy (non-hydrogen) atoms. The summed E-state index contributed by atoms with van der Waals surface area (Å²) in [5.41, 5.74) is 1.80. The van der Waals surface area contributed by atoms with Crippen LogP contribution >= 0.6 is 51.2 Å². The van der Waals surface area contributed by atoms with E-state index in [1.165, 1.54) is 11.8 Å². The molecule has 5 rings (SSSR count). The van der Waals surface area contributed by atoms with Gasteiger partial charge in [0.2, 0.25) is 5.91 Å². The van der Waals surface area contributed by atoms with Crippen molar-refractivity contribution in [3.63, 3.8) is 0 Å². The first-order valence-electron chi connectivity index (χ1n) is 10.9. The minimum atomic E-state index is -0.0879. The van der Waals surface area contributed by atoms with E-state index in [1.807, 2.05) is 52.6 Å². The molecular formula is C24H22BrN3O3S3. The van der Waals surface area contributed by atoms with Crippen LogP contribution in [0.5, 0.6) is 0 Å². The van der Waals surface area contributed by atoms with Gasteiger partial charge in [-0.1, -0.05) is 46.0 Å². The van der Waals surface area contributed by atoms with Crippen LogP contribution in [-0.4, -0.2) is 44.9 Å². The molecule has 10 heteroatoms. The lowest BCUT2D eigenvalue weighted by Gasteiger charge is -2.18. The maximum Gasteiger partial charge on any atom is 0.266 e. The summed E-state index contributed by atoms with van der Waals surface area (Å²) in [6.45, 7) is 1.95. The lowest BCUT2D eigenvalue weighted by atomic mass is 10.1. The molecule has 0 spiro atoms. The molecule has 0 radical (unpaired) electrons. The van der Waals surface area contributed by atoms with Crippen molar-refractivity contribution in [1.29, 1.82) is 0 Å². The summed E-state index contributed by atoms with van der Waals surface area (Å²) in [7, 11) is 0. The quantitative estimate of drug-likeness (QED) is 0.311. The first-order chi connectivity index (χ1) is 16.5. The molecule has 2 fully saturated rings. The third-order valence-corrected chi connectivity index (χ3v) is 8.55. The fourth-order valence-corrected chi connectivity index (χ4v) is 6.41. The molecule has 176 valence electrons. The van der Waals surface area contributed by atoms with Gasteiger partial charge in [0.1, 0.15) is 10.9 Å². The van der Waals surface area contributed by atoms with Crippen molar-refractivity contribution in [1.82, 2.24) is 14.8 Å². The smallest absolute Gasteiger partial charge is 0.266 e. The number of fused-ring (bicyclic) bond motifs is 1. The zero-order valence-electron chi connectivity index (χ0n) is 18.2. The van der Waals surface area contributed by atoms with Gasteiger partial charge in [-0.2, -0.15) is 0 Å². The van der Waals surface area contributed by atoms with Crippen LogP contribution in [-0.2, 0) is 27.4 Å². The van der Waals surface area contributed by atoms with Crippen LogP contribution < -0.4 is 5.32 Å². The topological polar surface area (TPSA) is 63.6 Å². The van der Waals surface area contributed by atoms with Crippen molar-refractivity contribution in [2.24, 2.45) is 0 Å². The second-order valence-electron chi connectivity index (χ2n) is 8.16. The molecule has 6 nitrogen and oxygen atoms in total.